The van der Waals surface area contributed by atoms with Gasteiger partial charge in [0, 0.05) is 0 Å². The van der Waals surface area contributed by atoms with Crippen molar-refractivity contribution in [2.45, 2.75) is 55.7 Å². The van der Waals surface area contributed by atoms with E-state index >= 15 is 0 Å². The molecule has 1 fully saturated rings. The molecule has 0 N–H and O–H groups in total. The molecule has 1 heterocycles. The molecule has 7 heteroatoms. The van der Waals surface area contributed by atoms with Crippen LogP contribution in [0.5, 0.6) is 0 Å². The maximum absolute atomic E-state index is 12.5. The van der Waals surface area contributed by atoms with Gasteiger partial charge in [0.05, 0.1) is 11.0 Å². The van der Waals surface area contributed by atoms with E-state index in [1.165, 1.54) is 5.38 Å². The van der Waals surface area contributed by atoms with E-state index in [0.29, 0.717) is 24.2 Å². The van der Waals surface area contributed by atoms with Crippen molar-refractivity contribution in [2.75, 3.05) is 0 Å². The number of sulfone groups is 1. The van der Waals surface area contributed by atoms with Gasteiger partial charge in [-0.1, -0.05) is 25.7 Å². The Bertz CT molecular complexity index is 538. The topological polar surface area (TPSA) is 34.1 Å². The second-order valence-electron chi connectivity index (χ2n) is 5.24. The van der Waals surface area contributed by atoms with Crippen LogP contribution in [-0.2, 0) is 21.8 Å². The molecule has 1 aliphatic carbocycles. The lowest BCUT2D eigenvalue weighted by atomic mass is 10.2. The van der Waals surface area contributed by atoms with Crippen molar-refractivity contribution in [1.82, 2.24) is 0 Å². The average Bonchev–Trinajstić information content (AvgIpc) is 2.63. The Morgan fingerprint density at radius 1 is 1.15 bits per heavy atom. The molecule has 2 nitrogen and oxygen atoms in total. The van der Waals surface area contributed by atoms with E-state index < -0.39 is 20.9 Å². The summed E-state index contributed by atoms with van der Waals surface area (Å²) >= 11 is 0.559. The Labute approximate surface area is 120 Å². The first kappa shape index (κ1) is 15.8. The smallest absolute Gasteiger partial charge is 0.228 e. The van der Waals surface area contributed by atoms with Crippen LogP contribution in [0.1, 0.15) is 49.0 Å². The van der Waals surface area contributed by atoms with E-state index in [-0.39, 0.29) is 16.6 Å². The van der Waals surface area contributed by atoms with E-state index in [4.69, 9.17) is 0 Å². The molecule has 2 rings (SSSR count). The molecule has 0 radical (unpaired) electrons. The van der Waals surface area contributed by atoms with Crippen molar-refractivity contribution in [2.24, 2.45) is 0 Å². The summed E-state index contributed by atoms with van der Waals surface area (Å²) in [5.41, 5.74) is 0.256. The fourth-order valence-electron chi connectivity index (χ4n) is 2.55. The predicted octanol–water partition coefficient (Wildman–Crippen LogP) is 4.40. The normalized spacial score (nSPS) is 18.9. The summed E-state index contributed by atoms with van der Waals surface area (Å²) in [6.07, 6.45) is 0.750. The molecule has 1 aromatic heterocycles. The molecule has 1 aromatic rings. The number of alkyl halides is 3. The first-order valence-electron chi connectivity index (χ1n) is 6.65. The summed E-state index contributed by atoms with van der Waals surface area (Å²) in [4.78, 5) is -0.733. The van der Waals surface area contributed by atoms with Crippen LogP contribution in [0, 0.1) is 0 Å². The van der Waals surface area contributed by atoms with Crippen molar-refractivity contribution in [3.8, 4) is 0 Å². The predicted molar refractivity (Wildman–Crippen MR) is 73.4 cm³/mol. The molecule has 0 spiro atoms. The fraction of sp³-hybridized carbons (Fsp3) is 0.692. The third kappa shape index (κ3) is 3.97. The molecule has 0 atom stereocenters. The highest BCUT2D eigenvalue weighted by molar-refractivity contribution is 7.91. The summed E-state index contributed by atoms with van der Waals surface area (Å²) in [6.45, 7) is 0. The van der Waals surface area contributed by atoms with Gasteiger partial charge in [0.25, 0.3) is 0 Å². The van der Waals surface area contributed by atoms with Crippen molar-refractivity contribution in [1.29, 1.82) is 0 Å². The lowest BCUT2D eigenvalue weighted by Gasteiger charge is -2.14. The number of rotatable bonds is 3. The summed E-state index contributed by atoms with van der Waals surface area (Å²) in [5, 5.41) is 0.913. The minimum atomic E-state index is -4.39. The molecule has 114 valence electrons. The van der Waals surface area contributed by atoms with Crippen LogP contribution in [0.2, 0.25) is 0 Å². The number of thiophene rings is 1. The highest BCUT2D eigenvalue weighted by Gasteiger charge is 2.33. The van der Waals surface area contributed by atoms with Crippen LogP contribution in [-0.4, -0.2) is 13.7 Å². The van der Waals surface area contributed by atoms with Gasteiger partial charge < -0.3 is 0 Å². The number of hydrogen-bond donors (Lipinski definition) is 0. The van der Waals surface area contributed by atoms with E-state index in [0.717, 1.165) is 31.7 Å². The molecule has 0 saturated heterocycles. The van der Waals surface area contributed by atoms with Crippen LogP contribution in [0.4, 0.5) is 13.2 Å². The van der Waals surface area contributed by atoms with E-state index in [2.05, 4.69) is 0 Å². The molecule has 0 unspecified atom stereocenters. The Morgan fingerprint density at radius 3 is 2.25 bits per heavy atom. The Kier molecular flexibility index (Phi) is 4.79. The van der Waals surface area contributed by atoms with Gasteiger partial charge in [-0.05, 0) is 29.9 Å². The zero-order chi connectivity index (χ0) is 14.8. The second-order valence-corrected chi connectivity index (χ2v) is 8.43. The summed E-state index contributed by atoms with van der Waals surface area (Å²) < 4.78 is 62.1. The zero-order valence-corrected chi connectivity index (χ0v) is 12.6. The minimum Gasteiger partial charge on any atom is -0.228 e. The van der Waals surface area contributed by atoms with Crippen molar-refractivity contribution in [3.63, 3.8) is 0 Å². The minimum absolute atomic E-state index is 0.256. The largest absolute Gasteiger partial charge is 0.425 e. The molecule has 0 amide bonds. The third-order valence-electron chi connectivity index (χ3n) is 3.61. The van der Waals surface area contributed by atoms with Crippen LogP contribution >= 0.6 is 11.3 Å². The highest BCUT2D eigenvalue weighted by Crippen LogP contribution is 2.35. The molecule has 20 heavy (non-hydrogen) atoms. The molecule has 0 bridgehead atoms. The van der Waals surface area contributed by atoms with E-state index in [9.17, 15) is 21.6 Å². The third-order valence-corrected chi connectivity index (χ3v) is 6.86. The first-order chi connectivity index (χ1) is 9.29. The van der Waals surface area contributed by atoms with Crippen molar-refractivity contribution < 1.29 is 21.6 Å². The van der Waals surface area contributed by atoms with Gasteiger partial charge >= 0.3 is 6.18 Å². The molecule has 1 aliphatic rings. The zero-order valence-electron chi connectivity index (χ0n) is 10.9. The van der Waals surface area contributed by atoms with Gasteiger partial charge in [0.2, 0.25) is 0 Å². The van der Waals surface area contributed by atoms with Crippen LogP contribution in [0.3, 0.4) is 0 Å². The van der Waals surface area contributed by atoms with E-state index in [1.54, 1.807) is 0 Å². The van der Waals surface area contributed by atoms with Crippen molar-refractivity contribution in [3.05, 3.63) is 21.9 Å². The molecule has 0 aliphatic heterocycles. The Hall–Kier alpha value is -0.560. The maximum Gasteiger partial charge on any atom is 0.425 e. The fourth-order valence-corrected chi connectivity index (χ4v) is 5.36. The standard InChI is InChI=1S/C13H17F3O2S2/c14-13(15,16)12-7-10(8-19-12)9-20(17,18)11-5-3-1-2-4-6-11/h7-8,11H,1-6,9H2. The summed E-state index contributed by atoms with van der Waals surface area (Å²) in [5.74, 6) is -0.274. The number of halogens is 3. The molecule has 0 aromatic carbocycles. The second kappa shape index (κ2) is 6.05. The average molecular weight is 326 g/mol. The van der Waals surface area contributed by atoms with Gasteiger partial charge in [-0.25, -0.2) is 8.42 Å². The molecular formula is C13H17F3O2S2. The van der Waals surface area contributed by atoms with Crippen LogP contribution < -0.4 is 0 Å². The van der Waals surface area contributed by atoms with E-state index in [1.807, 2.05) is 0 Å². The molecular weight excluding hydrogens is 309 g/mol. The highest BCUT2D eigenvalue weighted by atomic mass is 32.2. The lowest BCUT2D eigenvalue weighted by Crippen LogP contribution is -2.22. The van der Waals surface area contributed by atoms with Crippen LogP contribution in [0.25, 0.3) is 0 Å². The quantitative estimate of drug-likeness (QED) is 0.771. The lowest BCUT2D eigenvalue weighted by molar-refractivity contribution is -0.134. The SMILES string of the molecule is O=S(=O)(Cc1csc(C(F)(F)F)c1)C1CCCCCC1. The Morgan fingerprint density at radius 2 is 1.75 bits per heavy atom. The van der Waals surface area contributed by atoms with Gasteiger partial charge in [-0.15, -0.1) is 11.3 Å². The first-order valence-corrected chi connectivity index (χ1v) is 9.25. The Balaban J connectivity index is 2.09. The maximum atomic E-state index is 12.5. The van der Waals surface area contributed by atoms with Gasteiger partial charge in [-0.3, -0.25) is 0 Å². The summed E-state index contributed by atoms with van der Waals surface area (Å²) in [6, 6.07) is 0.957. The molecule has 1 saturated carbocycles. The number of hydrogen-bond acceptors (Lipinski definition) is 3. The van der Waals surface area contributed by atoms with Gasteiger partial charge in [0.1, 0.15) is 4.88 Å². The summed E-state index contributed by atoms with van der Waals surface area (Å²) in [7, 11) is -3.35. The van der Waals surface area contributed by atoms with Crippen molar-refractivity contribution >= 4 is 21.2 Å². The van der Waals surface area contributed by atoms with Gasteiger partial charge in [0.15, 0.2) is 9.84 Å². The van der Waals surface area contributed by atoms with Gasteiger partial charge in [-0.2, -0.15) is 13.2 Å². The van der Waals surface area contributed by atoms with Crippen LogP contribution in [0.15, 0.2) is 11.4 Å². The monoisotopic (exact) mass is 326 g/mol.